The lowest BCUT2D eigenvalue weighted by molar-refractivity contribution is -0.141. The molecule has 2 saturated heterocycles. The van der Waals surface area contributed by atoms with E-state index in [0.717, 1.165) is 32.1 Å². The minimum Gasteiger partial charge on any atom is -0.460 e. The second kappa shape index (κ2) is 6.52. The Balaban J connectivity index is 1.69. The molecule has 1 atom stereocenters. The van der Waals surface area contributed by atoms with Crippen LogP contribution < -0.4 is 10.6 Å². The van der Waals surface area contributed by atoms with E-state index in [9.17, 15) is 14.0 Å². The molecule has 6 nitrogen and oxygen atoms in total. The zero-order valence-corrected chi connectivity index (χ0v) is 14.0. The number of carbonyl (C=O) groups excluding carboxylic acids is 2. The molecule has 2 N–H and O–H groups in total. The van der Waals surface area contributed by atoms with Crippen molar-refractivity contribution in [1.82, 2.24) is 15.6 Å². The molecule has 1 amide bonds. The van der Waals surface area contributed by atoms with Gasteiger partial charge in [0.15, 0.2) is 5.82 Å². The van der Waals surface area contributed by atoms with Crippen molar-refractivity contribution in [2.24, 2.45) is 5.41 Å². The maximum Gasteiger partial charge on any atom is 0.306 e. The van der Waals surface area contributed by atoms with Crippen LogP contribution in [0.2, 0.25) is 0 Å². The quantitative estimate of drug-likeness (QED) is 0.768. The Morgan fingerprint density at radius 1 is 1.48 bits per heavy atom. The van der Waals surface area contributed by atoms with Crippen LogP contribution in [0, 0.1) is 11.2 Å². The Bertz CT molecular complexity index is 614. The SMILES string of the molecule is O=C1CC2(CCNCC2)C(CNC(=O)c2c(F)cncc2Br)O1. The van der Waals surface area contributed by atoms with E-state index in [4.69, 9.17) is 4.74 Å². The number of piperidine rings is 1. The lowest BCUT2D eigenvalue weighted by Crippen LogP contribution is -2.46. The number of nitrogens with one attached hydrogen (secondary N) is 2. The number of esters is 1. The van der Waals surface area contributed by atoms with Crippen molar-refractivity contribution in [1.29, 1.82) is 0 Å². The molecule has 1 aromatic rings. The number of halogens is 2. The van der Waals surface area contributed by atoms with Crippen LogP contribution in [-0.2, 0) is 9.53 Å². The summed E-state index contributed by atoms with van der Waals surface area (Å²) in [6.45, 7) is 1.83. The summed E-state index contributed by atoms with van der Waals surface area (Å²) in [4.78, 5) is 27.6. The predicted octanol–water partition coefficient (Wildman–Crippen LogP) is 1.40. The first-order valence-corrected chi connectivity index (χ1v) is 8.28. The topological polar surface area (TPSA) is 80.3 Å². The van der Waals surface area contributed by atoms with E-state index in [0.29, 0.717) is 6.42 Å². The number of amides is 1. The van der Waals surface area contributed by atoms with Crippen LogP contribution in [0.4, 0.5) is 4.39 Å². The molecule has 1 spiro atoms. The molecule has 2 fully saturated rings. The summed E-state index contributed by atoms with van der Waals surface area (Å²) in [5.41, 5.74) is -0.326. The van der Waals surface area contributed by atoms with Gasteiger partial charge in [0.05, 0.1) is 29.2 Å². The largest absolute Gasteiger partial charge is 0.460 e. The Hall–Kier alpha value is -1.54. The maximum atomic E-state index is 13.8. The van der Waals surface area contributed by atoms with E-state index in [1.54, 1.807) is 0 Å². The van der Waals surface area contributed by atoms with E-state index < -0.39 is 11.7 Å². The highest BCUT2D eigenvalue weighted by atomic mass is 79.9. The van der Waals surface area contributed by atoms with Gasteiger partial charge >= 0.3 is 5.97 Å². The van der Waals surface area contributed by atoms with Crippen LogP contribution in [0.1, 0.15) is 29.6 Å². The summed E-state index contributed by atoms with van der Waals surface area (Å²) in [5, 5.41) is 5.94. The standard InChI is InChI=1S/C15H17BrFN3O3/c16-9-6-19-7-10(17)13(9)14(22)20-8-11-15(5-12(21)23-11)1-3-18-4-2-15/h6-7,11,18H,1-5,8H2,(H,20,22). The minimum absolute atomic E-state index is 0.0938. The normalized spacial score (nSPS) is 22.9. The molecule has 1 unspecified atom stereocenters. The van der Waals surface area contributed by atoms with Crippen molar-refractivity contribution in [2.75, 3.05) is 19.6 Å². The van der Waals surface area contributed by atoms with Crippen molar-refractivity contribution in [3.8, 4) is 0 Å². The lowest BCUT2D eigenvalue weighted by atomic mass is 9.73. The number of pyridine rings is 1. The van der Waals surface area contributed by atoms with E-state index in [1.807, 2.05) is 0 Å². The third kappa shape index (κ3) is 3.23. The first kappa shape index (κ1) is 16.3. The summed E-state index contributed by atoms with van der Waals surface area (Å²) in [6, 6.07) is 0. The number of rotatable bonds is 3. The third-order valence-corrected chi connectivity index (χ3v) is 5.18. The predicted molar refractivity (Wildman–Crippen MR) is 83.3 cm³/mol. The van der Waals surface area contributed by atoms with Crippen LogP contribution in [0.3, 0.4) is 0 Å². The van der Waals surface area contributed by atoms with Gasteiger partial charge in [0.25, 0.3) is 5.91 Å². The molecule has 124 valence electrons. The van der Waals surface area contributed by atoms with Gasteiger partial charge in [-0.2, -0.15) is 0 Å². The molecule has 2 aliphatic heterocycles. The molecular weight excluding hydrogens is 369 g/mol. The third-order valence-electron chi connectivity index (χ3n) is 4.58. The van der Waals surface area contributed by atoms with Gasteiger partial charge in [0.2, 0.25) is 0 Å². The number of ether oxygens (including phenoxy) is 1. The summed E-state index contributed by atoms with van der Waals surface area (Å²) in [6.07, 6.45) is 4.01. The average Bonchev–Trinajstić information content (AvgIpc) is 2.81. The fourth-order valence-electron chi connectivity index (χ4n) is 3.31. The van der Waals surface area contributed by atoms with Gasteiger partial charge in [-0.25, -0.2) is 4.39 Å². The molecule has 0 radical (unpaired) electrons. The van der Waals surface area contributed by atoms with Crippen molar-refractivity contribution in [3.63, 3.8) is 0 Å². The molecule has 8 heteroatoms. The highest BCUT2D eigenvalue weighted by molar-refractivity contribution is 9.10. The summed E-state index contributed by atoms with van der Waals surface area (Å²) >= 11 is 3.12. The maximum absolute atomic E-state index is 13.8. The molecule has 0 aromatic carbocycles. The van der Waals surface area contributed by atoms with Crippen LogP contribution >= 0.6 is 15.9 Å². The van der Waals surface area contributed by atoms with Gasteiger partial charge in [-0.3, -0.25) is 14.6 Å². The Kier molecular flexibility index (Phi) is 4.63. The number of carbonyl (C=O) groups is 2. The van der Waals surface area contributed by atoms with Crippen LogP contribution in [0.25, 0.3) is 0 Å². The number of cyclic esters (lactones) is 1. The molecule has 0 aliphatic carbocycles. The average molecular weight is 386 g/mol. The summed E-state index contributed by atoms with van der Waals surface area (Å²) in [7, 11) is 0. The molecule has 2 aliphatic rings. The highest BCUT2D eigenvalue weighted by Crippen LogP contribution is 2.43. The first-order chi connectivity index (χ1) is 11.0. The number of hydrogen-bond acceptors (Lipinski definition) is 5. The number of hydrogen-bond donors (Lipinski definition) is 2. The lowest BCUT2D eigenvalue weighted by Gasteiger charge is -2.36. The molecule has 0 bridgehead atoms. The Morgan fingerprint density at radius 3 is 2.91 bits per heavy atom. The Labute approximate surface area is 141 Å². The minimum atomic E-state index is -0.697. The van der Waals surface area contributed by atoms with Crippen molar-refractivity contribution in [2.45, 2.75) is 25.4 Å². The molecule has 3 heterocycles. The van der Waals surface area contributed by atoms with E-state index in [-0.39, 0.29) is 34.1 Å². The molecule has 3 rings (SSSR count). The van der Waals surface area contributed by atoms with Crippen molar-refractivity contribution in [3.05, 3.63) is 28.2 Å². The van der Waals surface area contributed by atoms with Crippen LogP contribution in [0.5, 0.6) is 0 Å². The molecular formula is C15H17BrFN3O3. The van der Waals surface area contributed by atoms with Crippen molar-refractivity contribution >= 4 is 27.8 Å². The summed E-state index contributed by atoms with van der Waals surface area (Å²) in [5.74, 6) is -1.48. The smallest absolute Gasteiger partial charge is 0.306 e. The van der Waals surface area contributed by atoms with Crippen LogP contribution in [-0.4, -0.2) is 42.6 Å². The fourth-order valence-corrected chi connectivity index (χ4v) is 3.80. The fraction of sp³-hybridized carbons (Fsp3) is 0.533. The van der Waals surface area contributed by atoms with Gasteiger partial charge < -0.3 is 15.4 Å². The van der Waals surface area contributed by atoms with Gasteiger partial charge in [-0.1, -0.05) is 0 Å². The number of aromatic nitrogens is 1. The van der Waals surface area contributed by atoms with E-state index in [1.165, 1.54) is 6.20 Å². The van der Waals surface area contributed by atoms with Gasteiger partial charge in [-0.05, 0) is 41.9 Å². The van der Waals surface area contributed by atoms with E-state index in [2.05, 4.69) is 31.5 Å². The van der Waals surface area contributed by atoms with Crippen LogP contribution in [0.15, 0.2) is 16.9 Å². The van der Waals surface area contributed by atoms with Gasteiger partial charge in [0, 0.05) is 11.6 Å². The second-order valence-corrected chi connectivity index (χ2v) is 6.81. The molecule has 1 aromatic heterocycles. The zero-order chi connectivity index (χ0) is 16.4. The Morgan fingerprint density at radius 2 is 2.22 bits per heavy atom. The molecule has 0 saturated carbocycles. The number of nitrogens with zero attached hydrogens (tertiary/aromatic N) is 1. The molecule has 23 heavy (non-hydrogen) atoms. The van der Waals surface area contributed by atoms with Gasteiger partial charge in [0.1, 0.15) is 6.10 Å². The van der Waals surface area contributed by atoms with Gasteiger partial charge in [-0.15, -0.1) is 0 Å². The van der Waals surface area contributed by atoms with E-state index >= 15 is 0 Å². The zero-order valence-electron chi connectivity index (χ0n) is 12.4. The summed E-state index contributed by atoms with van der Waals surface area (Å²) < 4.78 is 19.5. The highest BCUT2D eigenvalue weighted by Gasteiger charge is 2.49. The first-order valence-electron chi connectivity index (χ1n) is 7.49. The van der Waals surface area contributed by atoms with Crippen molar-refractivity contribution < 1.29 is 18.7 Å². The second-order valence-electron chi connectivity index (χ2n) is 5.96. The monoisotopic (exact) mass is 385 g/mol.